The number of aryl methyl sites for hydroxylation is 1. The Balaban J connectivity index is 2.52. The minimum Gasteiger partial charge on any atom is -0.300 e. The topological polar surface area (TPSA) is 3.24 Å². The van der Waals surface area contributed by atoms with E-state index in [0.717, 1.165) is 26.1 Å². The molecule has 0 saturated carbocycles. The minimum atomic E-state index is 0.241. The summed E-state index contributed by atoms with van der Waals surface area (Å²) in [5.74, 6) is 0. The molecule has 0 saturated heterocycles. The number of rotatable bonds is 4. The number of hydrogen-bond donors (Lipinski definition) is 0. The minimum absolute atomic E-state index is 0.241. The summed E-state index contributed by atoms with van der Waals surface area (Å²) >= 11 is 3.88. The van der Waals surface area contributed by atoms with Gasteiger partial charge in [0.05, 0.1) is 0 Å². The summed E-state index contributed by atoms with van der Waals surface area (Å²) < 4.78 is 1.39. The fraction of sp³-hybridized carbons (Fsp3) is 0.579. The standard InChI is InChI=1S/C19H28BrN/c1-6-21(7-2)13-16-15-9-8-14(3)12-17(15)19(4,5)11-10-18(16)20/h8-9,12H,6-7,10-11,13H2,1-5H3. The molecule has 1 nitrogen and oxygen atoms in total. The highest BCUT2D eigenvalue weighted by atomic mass is 79.9. The molecule has 1 aromatic carbocycles. The van der Waals surface area contributed by atoms with Gasteiger partial charge in [-0.2, -0.15) is 0 Å². The van der Waals surface area contributed by atoms with Crippen LogP contribution in [0.5, 0.6) is 0 Å². The van der Waals surface area contributed by atoms with Crippen molar-refractivity contribution in [2.45, 2.75) is 52.9 Å². The average molecular weight is 350 g/mol. The highest BCUT2D eigenvalue weighted by Gasteiger charge is 2.29. The maximum Gasteiger partial charge on any atom is 0.0247 e. The van der Waals surface area contributed by atoms with Crippen LogP contribution >= 0.6 is 15.9 Å². The summed E-state index contributed by atoms with van der Waals surface area (Å²) in [6, 6.07) is 6.98. The Labute approximate surface area is 138 Å². The molecule has 1 aliphatic rings. The predicted molar refractivity (Wildman–Crippen MR) is 97.1 cm³/mol. The number of likely N-dealkylation sites (N-methyl/N-ethyl adjacent to an activating group) is 1. The van der Waals surface area contributed by atoms with Gasteiger partial charge in [-0.1, -0.05) is 67.4 Å². The molecule has 0 atom stereocenters. The van der Waals surface area contributed by atoms with E-state index in [4.69, 9.17) is 0 Å². The van der Waals surface area contributed by atoms with Gasteiger partial charge in [-0.3, -0.25) is 4.90 Å². The van der Waals surface area contributed by atoms with Crippen molar-refractivity contribution in [1.82, 2.24) is 4.90 Å². The Morgan fingerprint density at radius 3 is 2.48 bits per heavy atom. The molecule has 0 aromatic heterocycles. The maximum absolute atomic E-state index is 3.88. The fourth-order valence-corrected chi connectivity index (χ4v) is 3.71. The monoisotopic (exact) mass is 349 g/mol. The van der Waals surface area contributed by atoms with Gasteiger partial charge in [0.25, 0.3) is 0 Å². The number of benzene rings is 1. The Kier molecular flexibility index (Phi) is 5.32. The first-order valence-corrected chi connectivity index (χ1v) is 8.89. The molecular formula is C19H28BrN. The number of halogens is 1. The summed E-state index contributed by atoms with van der Waals surface area (Å²) in [5.41, 5.74) is 6.05. The van der Waals surface area contributed by atoms with Gasteiger partial charge in [-0.05, 0) is 55.0 Å². The van der Waals surface area contributed by atoms with Gasteiger partial charge in [-0.25, -0.2) is 0 Å². The molecular weight excluding hydrogens is 322 g/mol. The summed E-state index contributed by atoms with van der Waals surface area (Å²) in [4.78, 5) is 2.50. The molecule has 1 aliphatic carbocycles. The highest BCUT2D eigenvalue weighted by molar-refractivity contribution is 9.11. The third kappa shape index (κ3) is 3.60. The highest BCUT2D eigenvalue weighted by Crippen LogP contribution is 2.42. The van der Waals surface area contributed by atoms with E-state index in [1.807, 2.05) is 0 Å². The third-order valence-electron chi connectivity index (χ3n) is 4.80. The molecule has 1 aromatic rings. The molecule has 0 radical (unpaired) electrons. The van der Waals surface area contributed by atoms with E-state index in [9.17, 15) is 0 Å². The lowest BCUT2D eigenvalue weighted by Gasteiger charge is -2.27. The fourth-order valence-electron chi connectivity index (χ4n) is 3.18. The molecule has 0 amide bonds. The summed E-state index contributed by atoms with van der Waals surface area (Å²) in [6.07, 6.45) is 2.34. The normalized spacial score (nSPS) is 17.9. The van der Waals surface area contributed by atoms with Crippen molar-refractivity contribution in [1.29, 1.82) is 0 Å². The van der Waals surface area contributed by atoms with Crippen molar-refractivity contribution < 1.29 is 0 Å². The number of allylic oxidation sites excluding steroid dienone is 1. The van der Waals surface area contributed by atoms with Crippen LogP contribution in [0, 0.1) is 6.92 Å². The molecule has 0 N–H and O–H groups in total. The molecule has 0 bridgehead atoms. The largest absolute Gasteiger partial charge is 0.300 e. The van der Waals surface area contributed by atoms with Gasteiger partial charge in [0, 0.05) is 11.0 Å². The first kappa shape index (κ1) is 16.8. The summed E-state index contributed by atoms with van der Waals surface area (Å²) in [6.45, 7) is 14.7. The lowest BCUT2D eigenvalue weighted by atomic mass is 9.78. The van der Waals surface area contributed by atoms with Crippen LogP contribution in [0.1, 0.15) is 57.2 Å². The molecule has 116 valence electrons. The van der Waals surface area contributed by atoms with Crippen molar-refractivity contribution in [3.8, 4) is 0 Å². The Morgan fingerprint density at radius 2 is 1.86 bits per heavy atom. The van der Waals surface area contributed by atoms with Crippen molar-refractivity contribution in [3.63, 3.8) is 0 Å². The zero-order valence-corrected chi connectivity index (χ0v) is 15.7. The Morgan fingerprint density at radius 1 is 1.19 bits per heavy atom. The average Bonchev–Trinajstić information content (AvgIpc) is 2.54. The van der Waals surface area contributed by atoms with Crippen LogP contribution in [0.2, 0.25) is 0 Å². The predicted octanol–water partition coefficient (Wildman–Crippen LogP) is 5.51. The number of hydrogen-bond acceptors (Lipinski definition) is 1. The lowest BCUT2D eigenvalue weighted by molar-refractivity contribution is 0.342. The van der Waals surface area contributed by atoms with Crippen LogP contribution < -0.4 is 0 Å². The third-order valence-corrected chi connectivity index (χ3v) is 5.68. The Hall–Kier alpha value is -0.600. The SMILES string of the molecule is CCN(CC)CC1=C(Br)CCC(C)(C)c2cc(C)ccc21. The van der Waals surface area contributed by atoms with Crippen LogP contribution in [0.3, 0.4) is 0 Å². The van der Waals surface area contributed by atoms with Crippen molar-refractivity contribution in [3.05, 3.63) is 39.4 Å². The zero-order chi connectivity index (χ0) is 15.6. The van der Waals surface area contributed by atoms with Crippen LogP contribution in [0.25, 0.3) is 5.57 Å². The van der Waals surface area contributed by atoms with Crippen molar-refractivity contribution >= 4 is 21.5 Å². The van der Waals surface area contributed by atoms with Gasteiger partial charge in [-0.15, -0.1) is 0 Å². The first-order chi connectivity index (χ1) is 9.89. The maximum atomic E-state index is 3.88. The van der Waals surface area contributed by atoms with Crippen LogP contribution in [-0.2, 0) is 5.41 Å². The Bertz CT molecular complexity index is 538. The van der Waals surface area contributed by atoms with Crippen LogP contribution in [0.15, 0.2) is 22.7 Å². The van der Waals surface area contributed by atoms with Gasteiger partial charge >= 0.3 is 0 Å². The second-order valence-electron chi connectivity index (χ2n) is 6.78. The molecule has 0 heterocycles. The van der Waals surface area contributed by atoms with E-state index in [0.29, 0.717) is 0 Å². The van der Waals surface area contributed by atoms with E-state index in [2.05, 4.69) is 73.6 Å². The zero-order valence-electron chi connectivity index (χ0n) is 14.1. The second-order valence-corrected chi connectivity index (χ2v) is 7.73. The number of nitrogens with zero attached hydrogens (tertiary/aromatic N) is 1. The smallest absolute Gasteiger partial charge is 0.0247 e. The lowest BCUT2D eigenvalue weighted by Crippen LogP contribution is -2.25. The summed E-state index contributed by atoms with van der Waals surface area (Å²) in [5, 5.41) is 0. The number of fused-ring (bicyclic) bond motifs is 1. The molecule has 2 rings (SSSR count). The van der Waals surface area contributed by atoms with E-state index in [-0.39, 0.29) is 5.41 Å². The van der Waals surface area contributed by atoms with Gasteiger partial charge in [0.2, 0.25) is 0 Å². The molecule has 0 fully saturated rings. The second kappa shape index (κ2) is 6.66. The molecule has 2 heteroatoms. The first-order valence-electron chi connectivity index (χ1n) is 8.10. The molecule has 0 spiro atoms. The van der Waals surface area contributed by atoms with E-state index >= 15 is 0 Å². The van der Waals surface area contributed by atoms with E-state index < -0.39 is 0 Å². The van der Waals surface area contributed by atoms with Crippen molar-refractivity contribution in [2.24, 2.45) is 0 Å². The quantitative estimate of drug-likeness (QED) is 0.692. The van der Waals surface area contributed by atoms with Crippen molar-refractivity contribution in [2.75, 3.05) is 19.6 Å². The van der Waals surface area contributed by atoms with Gasteiger partial charge in [0.1, 0.15) is 0 Å². The van der Waals surface area contributed by atoms with Crippen LogP contribution in [-0.4, -0.2) is 24.5 Å². The van der Waals surface area contributed by atoms with Gasteiger partial charge in [0.15, 0.2) is 0 Å². The summed E-state index contributed by atoms with van der Waals surface area (Å²) in [7, 11) is 0. The van der Waals surface area contributed by atoms with Gasteiger partial charge < -0.3 is 0 Å². The molecule has 0 aliphatic heterocycles. The van der Waals surface area contributed by atoms with E-state index in [1.165, 1.54) is 33.2 Å². The molecule has 0 unspecified atom stereocenters. The van der Waals surface area contributed by atoms with E-state index in [1.54, 1.807) is 0 Å². The van der Waals surface area contributed by atoms with Crippen LogP contribution in [0.4, 0.5) is 0 Å². The molecule has 21 heavy (non-hydrogen) atoms.